The molecule has 0 aliphatic carbocycles. The second-order valence-corrected chi connectivity index (χ2v) is 6.94. The first-order chi connectivity index (χ1) is 9.15. The lowest BCUT2D eigenvalue weighted by Crippen LogP contribution is -2.61. The van der Waals surface area contributed by atoms with Crippen LogP contribution in [-0.4, -0.2) is 60.8 Å². The smallest absolute Gasteiger partial charge is 0.410 e. The van der Waals surface area contributed by atoms with Gasteiger partial charge in [-0.25, -0.2) is 4.79 Å². The predicted octanol–water partition coefficient (Wildman–Crippen LogP) is 1.35. The van der Waals surface area contributed by atoms with Crippen LogP contribution in [0.3, 0.4) is 0 Å². The number of rotatable bonds is 3. The summed E-state index contributed by atoms with van der Waals surface area (Å²) in [6.45, 7) is 12.2. The van der Waals surface area contributed by atoms with Crippen LogP contribution < -0.4 is 5.32 Å². The van der Waals surface area contributed by atoms with Gasteiger partial charge in [0, 0.05) is 25.7 Å². The molecular weight excluding hydrogens is 260 g/mol. The largest absolute Gasteiger partial charge is 0.444 e. The second-order valence-electron chi connectivity index (χ2n) is 6.94. The average molecular weight is 286 g/mol. The summed E-state index contributed by atoms with van der Waals surface area (Å²) in [7, 11) is 0. The molecule has 1 N–H and O–H groups in total. The first-order valence-electron chi connectivity index (χ1n) is 7.18. The monoisotopic (exact) mass is 286 g/mol. The van der Waals surface area contributed by atoms with Gasteiger partial charge >= 0.3 is 6.09 Å². The van der Waals surface area contributed by atoms with Gasteiger partial charge in [-0.15, -0.1) is 0 Å². The lowest BCUT2D eigenvalue weighted by Gasteiger charge is -2.40. The van der Waals surface area contributed by atoms with E-state index in [-0.39, 0.29) is 12.2 Å². The highest BCUT2D eigenvalue weighted by molar-refractivity contribution is 5.69. The summed E-state index contributed by atoms with van der Waals surface area (Å²) < 4.78 is 16.5. The summed E-state index contributed by atoms with van der Waals surface area (Å²) >= 11 is 0. The fourth-order valence-electron chi connectivity index (χ4n) is 2.24. The zero-order chi connectivity index (χ0) is 15.0. The lowest BCUT2D eigenvalue weighted by molar-refractivity contribution is -0.138. The first-order valence-corrected chi connectivity index (χ1v) is 7.18. The van der Waals surface area contributed by atoms with Gasteiger partial charge in [-0.3, -0.25) is 0 Å². The van der Waals surface area contributed by atoms with Gasteiger partial charge in [0.15, 0.2) is 5.79 Å². The summed E-state index contributed by atoms with van der Waals surface area (Å²) in [5, 5.41) is 3.39. The number of nitrogens with one attached hydrogen (secondary N) is 1. The molecule has 2 saturated heterocycles. The van der Waals surface area contributed by atoms with Crippen LogP contribution in [0, 0.1) is 0 Å². The van der Waals surface area contributed by atoms with Crippen molar-refractivity contribution >= 4 is 6.09 Å². The molecule has 1 amide bonds. The van der Waals surface area contributed by atoms with Gasteiger partial charge in [0.05, 0.1) is 12.7 Å². The minimum Gasteiger partial charge on any atom is -0.444 e. The Hall–Kier alpha value is -0.850. The van der Waals surface area contributed by atoms with Crippen molar-refractivity contribution in [1.29, 1.82) is 0 Å². The van der Waals surface area contributed by atoms with E-state index in [1.807, 2.05) is 34.6 Å². The maximum Gasteiger partial charge on any atom is 0.410 e. The molecular formula is C14H26N2O4. The van der Waals surface area contributed by atoms with Crippen molar-refractivity contribution in [2.45, 2.75) is 58.2 Å². The fraction of sp³-hybridized carbons (Fsp3) is 0.929. The van der Waals surface area contributed by atoms with Gasteiger partial charge in [-0.05, 0) is 34.6 Å². The quantitative estimate of drug-likeness (QED) is 0.848. The number of amides is 1. The Bertz CT molecular complexity index is 359. The van der Waals surface area contributed by atoms with Crippen LogP contribution in [-0.2, 0) is 14.2 Å². The molecule has 0 unspecified atom stereocenters. The number of carbonyl (C=O) groups excluding carboxylic acids is 1. The van der Waals surface area contributed by atoms with Gasteiger partial charge in [-0.2, -0.15) is 0 Å². The number of likely N-dealkylation sites (tertiary alicyclic amines) is 1. The molecule has 20 heavy (non-hydrogen) atoms. The van der Waals surface area contributed by atoms with Crippen molar-refractivity contribution in [3.05, 3.63) is 0 Å². The van der Waals surface area contributed by atoms with E-state index in [1.54, 1.807) is 4.90 Å². The summed E-state index contributed by atoms with van der Waals surface area (Å²) in [4.78, 5) is 13.5. The highest BCUT2D eigenvalue weighted by atomic mass is 16.7. The van der Waals surface area contributed by atoms with E-state index in [4.69, 9.17) is 14.2 Å². The normalized spacial score (nSPS) is 26.4. The van der Waals surface area contributed by atoms with Crippen LogP contribution in [0.15, 0.2) is 0 Å². The Balaban J connectivity index is 1.62. The van der Waals surface area contributed by atoms with E-state index in [9.17, 15) is 4.79 Å². The van der Waals surface area contributed by atoms with Crippen LogP contribution in [0.4, 0.5) is 4.79 Å². The van der Waals surface area contributed by atoms with Crippen LogP contribution in [0.1, 0.15) is 34.6 Å². The molecule has 0 radical (unpaired) electrons. The number of nitrogens with zero attached hydrogens (tertiary/aromatic N) is 1. The number of ether oxygens (including phenoxy) is 3. The maximum absolute atomic E-state index is 11.8. The second kappa shape index (κ2) is 5.50. The number of hydrogen-bond donors (Lipinski definition) is 1. The Labute approximate surface area is 120 Å². The van der Waals surface area contributed by atoms with E-state index < -0.39 is 11.4 Å². The summed E-state index contributed by atoms with van der Waals surface area (Å²) in [5.41, 5.74) is -0.434. The molecule has 0 aromatic rings. The third-order valence-corrected chi connectivity index (χ3v) is 3.23. The molecule has 6 heteroatoms. The van der Waals surface area contributed by atoms with Crippen molar-refractivity contribution < 1.29 is 19.0 Å². The zero-order valence-electron chi connectivity index (χ0n) is 13.1. The molecule has 2 aliphatic rings. The minimum atomic E-state index is -0.478. The SMILES string of the molecule is CC(C)(C)OC(=O)N1CC(NC[C@H]2COC(C)(C)O2)C1. The summed E-state index contributed by atoms with van der Waals surface area (Å²) in [6, 6.07) is 0.315. The highest BCUT2D eigenvalue weighted by Gasteiger charge is 2.36. The molecule has 2 heterocycles. The zero-order valence-corrected chi connectivity index (χ0v) is 13.1. The van der Waals surface area contributed by atoms with E-state index in [0.29, 0.717) is 25.7 Å². The Morgan fingerprint density at radius 2 is 2.05 bits per heavy atom. The van der Waals surface area contributed by atoms with Gasteiger partial charge in [-0.1, -0.05) is 0 Å². The van der Waals surface area contributed by atoms with E-state index >= 15 is 0 Å². The standard InChI is InChI=1S/C14H26N2O4/c1-13(2,3)20-12(17)16-7-10(8-16)15-6-11-9-18-14(4,5)19-11/h10-11,15H,6-9H2,1-5H3/t11-/m0/s1. The van der Waals surface area contributed by atoms with E-state index in [2.05, 4.69) is 5.32 Å². The Kier molecular flexibility index (Phi) is 4.27. The van der Waals surface area contributed by atoms with Crippen LogP contribution in [0.5, 0.6) is 0 Å². The van der Waals surface area contributed by atoms with Crippen molar-refractivity contribution in [3.63, 3.8) is 0 Å². The Morgan fingerprint density at radius 1 is 1.40 bits per heavy atom. The van der Waals surface area contributed by atoms with Crippen molar-refractivity contribution in [2.75, 3.05) is 26.2 Å². The molecule has 2 rings (SSSR count). The summed E-state index contributed by atoms with van der Waals surface area (Å²) in [6.07, 6.45) is -0.155. The highest BCUT2D eigenvalue weighted by Crippen LogP contribution is 2.22. The van der Waals surface area contributed by atoms with Crippen LogP contribution in [0.2, 0.25) is 0 Å². The molecule has 6 nitrogen and oxygen atoms in total. The third kappa shape index (κ3) is 4.33. The van der Waals surface area contributed by atoms with Crippen LogP contribution >= 0.6 is 0 Å². The van der Waals surface area contributed by atoms with Crippen molar-refractivity contribution in [1.82, 2.24) is 10.2 Å². The predicted molar refractivity (Wildman–Crippen MR) is 74.5 cm³/mol. The van der Waals surface area contributed by atoms with Crippen LogP contribution in [0.25, 0.3) is 0 Å². The molecule has 2 aliphatic heterocycles. The molecule has 2 fully saturated rings. The lowest BCUT2D eigenvalue weighted by atomic mass is 10.1. The fourth-order valence-corrected chi connectivity index (χ4v) is 2.24. The van der Waals surface area contributed by atoms with E-state index in [0.717, 1.165) is 6.54 Å². The summed E-state index contributed by atoms with van der Waals surface area (Å²) in [5.74, 6) is -0.478. The van der Waals surface area contributed by atoms with Crippen molar-refractivity contribution in [2.24, 2.45) is 0 Å². The van der Waals surface area contributed by atoms with Crippen molar-refractivity contribution in [3.8, 4) is 0 Å². The average Bonchev–Trinajstić information content (AvgIpc) is 2.53. The molecule has 0 saturated carbocycles. The Morgan fingerprint density at radius 3 is 2.55 bits per heavy atom. The molecule has 0 spiro atoms. The van der Waals surface area contributed by atoms with E-state index in [1.165, 1.54) is 0 Å². The minimum absolute atomic E-state index is 0.0839. The van der Waals surface area contributed by atoms with Gasteiger partial charge < -0.3 is 24.4 Å². The third-order valence-electron chi connectivity index (χ3n) is 3.23. The number of hydrogen-bond acceptors (Lipinski definition) is 5. The molecule has 116 valence electrons. The topological polar surface area (TPSA) is 60.0 Å². The molecule has 1 atom stereocenters. The van der Waals surface area contributed by atoms with Gasteiger partial charge in [0.2, 0.25) is 0 Å². The molecule has 0 aromatic carbocycles. The van der Waals surface area contributed by atoms with Gasteiger partial charge in [0.1, 0.15) is 5.60 Å². The first kappa shape index (κ1) is 15.5. The molecule has 0 aromatic heterocycles. The maximum atomic E-state index is 11.8. The van der Waals surface area contributed by atoms with Gasteiger partial charge in [0.25, 0.3) is 0 Å². The number of carbonyl (C=O) groups is 1. The molecule has 0 bridgehead atoms.